The number of hydrogen-bond acceptors (Lipinski definition) is 2. The smallest absolute Gasteiger partial charge is 0.131 e. The van der Waals surface area contributed by atoms with Crippen LogP contribution in [0.3, 0.4) is 0 Å². The standard InChI is InChI=1S/C33H35NOS.C2H6/c1-7-20(2)22-16-27-23(17-30(22)35-29-14-10-8-12-21(29)3)24-18-32-26(19-28(24)34(27)6)33(4,5)25-13-9-11-15-31(25)36-32;1-2/h8-10,12-14,16-20H,7,11,15H2,1-6H3;1-2H3. The van der Waals surface area contributed by atoms with Gasteiger partial charge in [-0.25, -0.2) is 0 Å². The first kappa shape index (κ1) is 26.7. The Morgan fingerprint density at radius 1 is 1.00 bits per heavy atom. The zero-order chi connectivity index (χ0) is 27.2. The van der Waals surface area contributed by atoms with Gasteiger partial charge in [-0.3, -0.25) is 0 Å². The van der Waals surface area contributed by atoms with Crippen molar-refractivity contribution in [3.05, 3.63) is 87.9 Å². The summed E-state index contributed by atoms with van der Waals surface area (Å²) in [7, 11) is 2.22. The number of fused-ring (bicyclic) bond motifs is 4. The van der Waals surface area contributed by atoms with Crippen molar-refractivity contribution < 1.29 is 4.74 Å². The van der Waals surface area contributed by atoms with Gasteiger partial charge < -0.3 is 9.30 Å². The predicted molar refractivity (Wildman–Crippen MR) is 166 cm³/mol. The van der Waals surface area contributed by atoms with Crippen molar-refractivity contribution in [1.29, 1.82) is 0 Å². The van der Waals surface area contributed by atoms with E-state index in [1.165, 1.54) is 48.3 Å². The normalized spacial score (nSPS) is 16.6. The Morgan fingerprint density at radius 3 is 2.45 bits per heavy atom. The molecule has 2 heterocycles. The Kier molecular flexibility index (Phi) is 7.26. The molecule has 3 heteroatoms. The summed E-state index contributed by atoms with van der Waals surface area (Å²) in [6.07, 6.45) is 8.08. The Morgan fingerprint density at radius 2 is 1.71 bits per heavy atom. The number of allylic oxidation sites excluding steroid dienone is 4. The highest BCUT2D eigenvalue weighted by atomic mass is 32.2. The van der Waals surface area contributed by atoms with Crippen molar-refractivity contribution in [2.75, 3.05) is 0 Å². The molecule has 2 aliphatic rings. The van der Waals surface area contributed by atoms with Crippen LogP contribution in [0.25, 0.3) is 21.8 Å². The van der Waals surface area contributed by atoms with Gasteiger partial charge in [0, 0.05) is 39.2 Å². The maximum absolute atomic E-state index is 6.62. The van der Waals surface area contributed by atoms with Crippen molar-refractivity contribution in [2.24, 2.45) is 7.05 Å². The largest absolute Gasteiger partial charge is 0.457 e. The maximum Gasteiger partial charge on any atom is 0.131 e. The van der Waals surface area contributed by atoms with Gasteiger partial charge in [0.15, 0.2) is 0 Å². The van der Waals surface area contributed by atoms with Gasteiger partial charge in [0.2, 0.25) is 0 Å². The molecule has 6 rings (SSSR count). The molecule has 0 N–H and O–H groups in total. The van der Waals surface area contributed by atoms with Crippen LogP contribution >= 0.6 is 11.8 Å². The number of rotatable bonds is 4. The van der Waals surface area contributed by atoms with E-state index in [1.54, 1.807) is 0 Å². The van der Waals surface area contributed by atoms with Crippen molar-refractivity contribution in [3.8, 4) is 11.5 Å². The maximum atomic E-state index is 6.62. The monoisotopic (exact) mass is 523 g/mol. The fraction of sp³-hybridized carbons (Fsp3) is 0.371. The van der Waals surface area contributed by atoms with E-state index in [9.17, 15) is 0 Å². The van der Waals surface area contributed by atoms with Crippen molar-refractivity contribution in [1.82, 2.24) is 4.57 Å². The molecule has 0 spiro atoms. The van der Waals surface area contributed by atoms with E-state index in [4.69, 9.17) is 4.74 Å². The molecule has 0 fully saturated rings. The van der Waals surface area contributed by atoms with Gasteiger partial charge in [0.1, 0.15) is 11.5 Å². The molecule has 4 aromatic rings. The SMILES string of the molecule is CC.CCC(C)c1cc2c(cc1Oc1ccccc1C)c1cc3c(cc1n2C)C(C)(C)C1=C(CCC=C1)S3. The van der Waals surface area contributed by atoms with Crippen molar-refractivity contribution in [3.63, 3.8) is 0 Å². The summed E-state index contributed by atoms with van der Waals surface area (Å²) in [6.45, 7) is 15.4. The summed E-state index contributed by atoms with van der Waals surface area (Å²) in [5.74, 6) is 2.32. The molecule has 2 nitrogen and oxygen atoms in total. The lowest BCUT2D eigenvalue weighted by Crippen LogP contribution is -2.25. The van der Waals surface area contributed by atoms with Gasteiger partial charge in [0.25, 0.3) is 0 Å². The highest BCUT2D eigenvalue weighted by molar-refractivity contribution is 8.03. The second-order valence-electron chi connectivity index (χ2n) is 11.0. The second kappa shape index (κ2) is 10.3. The molecular weight excluding hydrogens is 482 g/mol. The predicted octanol–water partition coefficient (Wildman–Crippen LogP) is 11.0. The Bertz CT molecular complexity index is 1580. The molecule has 1 unspecified atom stereocenters. The Labute approximate surface area is 232 Å². The molecule has 198 valence electrons. The van der Waals surface area contributed by atoms with Gasteiger partial charge in [-0.15, -0.1) is 0 Å². The lowest BCUT2D eigenvalue weighted by molar-refractivity contribution is 0.467. The molecule has 0 radical (unpaired) electrons. The van der Waals surface area contributed by atoms with E-state index in [2.05, 4.69) is 107 Å². The van der Waals surface area contributed by atoms with Crippen LogP contribution in [0.15, 0.2) is 76.1 Å². The number of thioether (sulfide) groups is 1. The highest BCUT2D eigenvalue weighted by Crippen LogP contribution is 2.53. The zero-order valence-electron chi connectivity index (χ0n) is 24.2. The molecular formula is C35H41NOS. The van der Waals surface area contributed by atoms with Crippen molar-refractivity contribution in [2.45, 2.75) is 84.0 Å². The molecule has 0 bridgehead atoms. The number of aromatic nitrogens is 1. The van der Waals surface area contributed by atoms with E-state index in [-0.39, 0.29) is 5.41 Å². The molecule has 38 heavy (non-hydrogen) atoms. The third-order valence-electron chi connectivity index (χ3n) is 8.40. The molecule has 1 aromatic heterocycles. The Hall–Kier alpha value is -2.91. The minimum atomic E-state index is 0.0124. The first-order valence-electron chi connectivity index (χ1n) is 14.2. The van der Waals surface area contributed by atoms with E-state index >= 15 is 0 Å². The van der Waals surface area contributed by atoms with Crippen LogP contribution in [0.4, 0.5) is 0 Å². The van der Waals surface area contributed by atoms with Gasteiger partial charge >= 0.3 is 0 Å². The second-order valence-corrected chi connectivity index (χ2v) is 12.2. The molecule has 3 aromatic carbocycles. The summed E-state index contributed by atoms with van der Waals surface area (Å²) in [6, 6.07) is 17.9. The number of ether oxygens (including phenoxy) is 1. The van der Waals surface area contributed by atoms with Crippen LogP contribution in [0.5, 0.6) is 11.5 Å². The number of hydrogen-bond donors (Lipinski definition) is 0. The lowest BCUT2D eigenvalue weighted by atomic mass is 9.75. The van der Waals surface area contributed by atoms with E-state index in [0.717, 1.165) is 36.3 Å². The number of benzene rings is 3. The van der Waals surface area contributed by atoms with Crippen LogP contribution in [0.2, 0.25) is 0 Å². The van der Waals surface area contributed by atoms with E-state index in [0.29, 0.717) is 5.92 Å². The Balaban J connectivity index is 0.00000144. The summed E-state index contributed by atoms with van der Waals surface area (Å²) < 4.78 is 9.00. The summed E-state index contributed by atoms with van der Waals surface area (Å²) in [5, 5.41) is 2.59. The molecule has 0 saturated heterocycles. The molecule has 1 aliphatic carbocycles. The summed E-state index contributed by atoms with van der Waals surface area (Å²) in [4.78, 5) is 2.94. The fourth-order valence-electron chi connectivity index (χ4n) is 5.91. The third kappa shape index (κ3) is 4.29. The summed E-state index contributed by atoms with van der Waals surface area (Å²) in [5.41, 5.74) is 7.96. The van der Waals surface area contributed by atoms with E-state index in [1.807, 2.05) is 25.6 Å². The summed E-state index contributed by atoms with van der Waals surface area (Å²) >= 11 is 1.98. The van der Waals surface area contributed by atoms with E-state index < -0.39 is 0 Å². The first-order chi connectivity index (χ1) is 18.3. The average molecular weight is 524 g/mol. The van der Waals surface area contributed by atoms with Gasteiger partial charge in [0.05, 0.1) is 0 Å². The van der Waals surface area contributed by atoms with Crippen LogP contribution < -0.4 is 4.74 Å². The molecule has 0 amide bonds. The topological polar surface area (TPSA) is 14.2 Å². The minimum Gasteiger partial charge on any atom is -0.457 e. The van der Waals surface area contributed by atoms with Crippen LogP contribution in [-0.4, -0.2) is 4.57 Å². The third-order valence-corrected chi connectivity index (χ3v) is 9.63. The van der Waals surface area contributed by atoms with Gasteiger partial charge in [-0.2, -0.15) is 0 Å². The number of aryl methyl sites for hydroxylation is 2. The van der Waals surface area contributed by atoms with Gasteiger partial charge in [-0.1, -0.05) is 83.7 Å². The highest BCUT2D eigenvalue weighted by Gasteiger charge is 2.35. The fourth-order valence-corrected chi connectivity index (χ4v) is 7.43. The molecule has 1 atom stereocenters. The minimum absolute atomic E-state index is 0.0124. The lowest BCUT2D eigenvalue weighted by Gasteiger charge is -2.37. The van der Waals surface area contributed by atoms with Gasteiger partial charge in [-0.05, 0) is 89.6 Å². The quantitative estimate of drug-likeness (QED) is 0.264. The average Bonchev–Trinajstić information content (AvgIpc) is 3.19. The van der Waals surface area contributed by atoms with Crippen LogP contribution in [0.1, 0.15) is 83.4 Å². The molecule has 0 saturated carbocycles. The van der Waals surface area contributed by atoms with Crippen LogP contribution in [-0.2, 0) is 12.5 Å². The number of nitrogens with zero attached hydrogens (tertiary/aromatic N) is 1. The molecule has 1 aliphatic heterocycles. The van der Waals surface area contributed by atoms with Crippen LogP contribution in [0, 0.1) is 6.92 Å². The first-order valence-corrected chi connectivity index (χ1v) is 15.0. The zero-order valence-corrected chi connectivity index (χ0v) is 25.1. The van der Waals surface area contributed by atoms with Crippen molar-refractivity contribution >= 4 is 33.6 Å². The number of para-hydroxylation sites is 1.